The third kappa shape index (κ3) is 3.64. The smallest absolute Gasteiger partial charge is 0.407 e. The van der Waals surface area contributed by atoms with Crippen molar-refractivity contribution in [1.29, 1.82) is 5.26 Å². The molecule has 0 saturated carbocycles. The van der Waals surface area contributed by atoms with E-state index in [9.17, 15) is 19.6 Å². The molecule has 2 saturated heterocycles. The zero-order chi connectivity index (χ0) is 19.9. The van der Waals surface area contributed by atoms with Gasteiger partial charge in [0.1, 0.15) is 11.9 Å². The molecule has 1 unspecified atom stereocenters. The molecule has 146 valence electrons. The molecule has 2 heterocycles. The monoisotopic (exact) mass is 375 g/mol. The van der Waals surface area contributed by atoms with E-state index in [4.69, 9.17) is 4.74 Å². The number of piperazine rings is 1. The van der Waals surface area contributed by atoms with E-state index < -0.39 is 11.9 Å². The van der Waals surface area contributed by atoms with Crippen LogP contribution in [-0.4, -0.2) is 59.3 Å². The fourth-order valence-corrected chi connectivity index (χ4v) is 4.19. The van der Waals surface area contributed by atoms with Crippen molar-refractivity contribution in [2.75, 3.05) is 26.2 Å². The predicted molar refractivity (Wildman–Crippen MR) is 97.9 cm³/mol. The highest BCUT2D eigenvalue weighted by atomic mass is 19.1. The molecule has 7 heteroatoms. The van der Waals surface area contributed by atoms with Gasteiger partial charge in [0.15, 0.2) is 0 Å². The maximum absolute atomic E-state index is 13.9. The predicted octanol–water partition coefficient (Wildman–Crippen LogP) is 3.16. The molecule has 2 fully saturated rings. The van der Waals surface area contributed by atoms with E-state index in [1.54, 1.807) is 13.0 Å². The van der Waals surface area contributed by atoms with Crippen LogP contribution in [0.5, 0.6) is 0 Å². The Hall–Kier alpha value is -2.17. The molecular weight excluding hydrogens is 349 g/mol. The first kappa shape index (κ1) is 19.6. The molecule has 0 aliphatic carbocycles. The summed E-state index contributed by atoms with van der Waals surface area (Å²) in [6.45, 7) is 10.1. The highest BCUT2D eigenvalue weighted by molar-refractivity contribution is 5.65. The highest BCUT2D eigenvalue weighted by Gasteiger charge is 2.46. The van der Waals surface area contributed by atoms with Crippen molar-refractivity contribution in [3.05, 3.63) is 34.6 Å². The molecule has 0 bridgehead atoms. The SMILES string of the molecule is Cc1c([C@H]2CN3CCN(C(=O)O)C[C@@H]3C(C(C)(C)C)O2)ccc(F)c1C#N. The van der Waals surface area contributed by atoms with Crippen LogP contribution in [0.3, 0.4) is 0 Å². The van der Waals surface area contributed by atoms with Crippen LogP contribution in [0.2, 0.25) is 0 Å². The topological polar surface area (TPSA) is 76.8 Å². The third-order valence-electron chi connectivity index (χ3n) is 5.63. The van der Waals surface area contributed by atoms with Crippen LogP contribution in [0.1, 0.15) is 43.6 Å². The van der Waals surface area contributed by atoms with Gasteiger partial charge in [0.2, 0.25) is 0 Å². The number of benzene rings is 1. The van der Waals surface area contributed by atoms with Crippen LogP contribution >= 0.6 is 0 Å². The van der Waals surface area contributed by atoms with Crippen molar-refractivity contribution in [3.8, 4) is 6.07 Å². The quantitative estimate of drug-likeness (QED) is 0.816. The number of ether oxygens (including phenoxy) is 1. The maximum atomic E-state index is 13.9. The lowest BCUT2D eigenvalue weighted by Gasteiger charge is -2.53. The number of amides is 1. The van der Waals surface area contributed by atoms with Gasteiger partial charge in [0.05, 0.1) is 23.8 Å². The molecule has 1 aromatic rings. The summed E-state index contributed by atoms with van der Waals surface area (Å²) in [4.78, 5) is 15.1. The highest BCUT2D eigenvalue weighted by Crippen LogP contribution is 2.39. The Bertz CT molecular complexity index is 784. The number of nitrogens with zero attached hydrogens (tertiary/aromatic N) is 3. The molecule has 3 rings (SSSR count). The van der Waals surface area contributed by atoms with Crippen LogP contribution in [0.25, 0.3) is 0 Å². The minimum atomic E-state index is -0.905. The Kier molecular flexibility index (Phi) is 5.15. The van der Waals surface area contributed by atoms with Crippen molar-refractivity contribution in [2.45, 2.75) is 45.9 Å². The zero-order valence-corrected chi connectivity index (χ0v) is 16.2. The lowest BCUT2D eigenvalue weighted by atomic mass is 9.81. The Morgan fingerprint density at radius 2 is 2.04 bits per heavy atom. The van der Waals surface area contributed by atoms with Gasteiger partial charge in [-0.2, -0.15) is 5.26 Å². The third-order valence-corrected chi connectivity index (χ3v) is 5.63. The van der Waals surface area contributed by atoms with Gasteiger partial charge in [0, 0.05) is 26.2 Å². The van der Waals surface area contributed by atoms with Crippen LogP contribution in [0, 0.1) is 29.5 Å². The molecular formula is C20H26FN3O3. The number of nitriles is 1. The number of hydrogen-bond donors (Lipinski definition) is 1. The van der Waals surface area contributed by atoms with Crippen molar-refractivity contribution in [2.24, 2.45) is 5.41 Å². The molecule has 1 amide bonds. The van der Waals surface area contributed by atoms with Crippen molar-refractivity contribution in [1.82, 2.24) is 9.80 Å². The van der Waals surface area contributed by atoms with E-state index in [2.05, 4.69) is 25.7 Å². The number of fused-ring (bicyclic) bond motifs is 1. The van der Waals surface area contributed by atoms with E-state index in [0.717, 1.165) is 5.56 Å². The fourth-order valence-electron chi connectivity index (χ4n) is 4.19. The van der Waals surface area contributed by atoms with E-state index in [0.29, 0.717) is 31.7 Å². The summed E-state index contributed by atoms with van der Waals surface area (Å²) in [6, 6.07) is 4.94. The molecule has 3 atom stereocenters. The Balaban J connectivity index is 1.94. The van der Waals surface area contributed by atoms with Gasteiger partial charge < -0.3 is 14.7 Å². The average molecular weight is 375 g/mol. The van der Waals surface area contributed by atoms with Gasteiger partial charge in [-0.05, 0) is 29.5 Å². The van der Waals surface area contributed by atoms with Gasteiger partial charge in [-0.25, -0.2) is 9.18 Å². The summed E-state index contributed by atoms with van der Waals surface area (Å²) in [7, 11) is 0. The van der Waals surface area contributed by atoms with Crippen LogP contribution in [0.4, 0.5) is 9.18 Å². The molecule has 2 aliphatic heterocycles. The molecule has 1 aromatic carbocycles. The minimum Gasteiger partial charge on any atom is -0.465 e. The Morgan fingerprint density at radius 3 is 2.63 bits per heavy atom. The second-order valence-corrected chi connectivity index (χ2v) is 8.45. The summed E-state index contributed by atoms with van der Waals surface area (Å²) in [6.07, 6.45) is -1.37. The van der Waals surface area contributed by atoms with E-state index in [1.165, 1.54) is 11.0 Å². The number of rotatable bonds is 1. The average Bonchev–Trinajstić information content (AvgIpc) is 2.60. The first-order valence-corrected chi connectivity index (χ1v) is 9.20. The molecule has 27 heavy (non-hydrogen) atoms. The number of hydrogen-bond acceptors (Lipinski definition) is 4. The van der Waals surface area contributed by atoms with Crippen molar-refractivity contribution >= 4 is 6.09 Å². The fraction of sp³-hybridized carbons (Fsp3) is 0.600. The number of halogens is 1. The van der Waals surface area contributed by atoms with Crippen LogP contribution < -0.4 is 0 Å². The summed E-state index contributed by atoms with van der Waals surface area (Å²) in [5, 5.41) is 18.6. The maximum Gasteiger partial charge on any atom is 0.407 e. The van der Waals surface area contributed by atoms with Gasteiger partial charge >= 0.3 is 6.09 Å². The molecule has 0 radical (unpaired) electrons. The van der Waals surface area contributed by atoms with Crippen LogP contribution in [-0.2, 0) is 4.74 Å². The van der Waals surface area contributed by atoms with Crippen molar-refractivity contribution < 1.29 is 19.0 Å². The van der Waals surface area contributed by atoms with Gasteiger partial charge in [0.25, 0.3) is 0 Å². The molecule has 2 aliphatic rings. The molecule has 6 nitrogen and oxygen atoms in total. The number of carboxylic acid groups (broad SMARTS) is 1. The lowest BCUT2D eigenvalue weighted by molar-refractivity contribution is -0.173. The van der Waals surface area contributed by atoms with Gasteiger partial charge in [-0.1, -0.05) is 26.8 Å². The first-order valence-electron chi connectivity index (χ1n) is 9.20. The van der Waals surface area contributed by atoms with Crippen LogP contribution in [0.15, 0.2) is 12.1 Å². The standard InChI is InChI=1S/C20H26FN3O3/c1-12-13(5-6-15(21)14(12)9-22)17-11-23-7-8-24(19(25)26)10-16(23)18(27-17)20(2,3)4/h5-6,16-18H,7-8,10-11H2,1-4H3,(H,25,26)/t16-,17-,18?/m1/s1. The second-order valence-electron chi connectivity index (χ2n) is 8.45. The second kappa shape index (κ2) is 7.10. The normalized spacial score (nSPS) is 26.4. The van der Waals surface area contributed by atoms with E-state index >= 15 is 0 Å². The number of carbonyl (C=O) groups is 1. The lowest BCUT2D eigenvalue weighted by Crippen LogP contribution is -2.65. The summed E-state index contributed by atoms with van der Waals surface area (Å²) in [5.41, 5.74) is 1.29. The largest absolute Gasteiger partial charge is 0.465 e. The molecule has 0 aromatic heterocycles. The Labute approximate surface area is 159 Å². The number of morpholine rings is 1. The summed E-state index contributed by atoms with van der Waals surface area (Å²) in [5.74, 6) is -0.519. The van der Waals surface area contributed by atoms with E-state index in [-0.39, 0.29) is 29.2 Å². The van der Waals surface area contributed by atoms with Gasteiger partial charge in [-0.15, -0.1) is 0 Å². The van der Waals surface area contributed by atoms with Gasteiger partial charge in [-0.3, -0.25) is 4.90 Å². The first-order chi connectivity index (χ1) is 12.6. The summed E-state index contributed by atoms with van der Waals surface area (Å²) >= 11 is 0. The van der Waals surface area contributed by atoms with Crippen molar-refractivity contribution in [3.63, 3.8) is 0 Å². The zero-order valence-electron chi connectivity index (χ0n) is 16.2. The molecule has 1 N–H and O–H groups in total. The molecule has 0 spiro atoms. The summed E-state index contributed by atoms with van der Waals surface area (Å²) < 4.78 is 20.4. The van der Waals surface area contributed by atoms with E-state index in [1.807, 2.05) is 6.07 Å². The minimum absolute atomic E-state index is 0.0257. The Morgan fingerprint density at radius 1 is 1.33 bits per heavy atom.